The van der Waals surface area contributed by atoms with Crippen molar-refractivity contribution in [2.45, 2.75) is 6.92 Å². The van der Waals surface area contributed by atoms with Crippen LogP contribution in [0.4, 0.5) is 0 Å². The first-order chi connectivity index (χ1) is 10.9. The molecule has 0 unspecified atom stereocenters. The molecule has 23 heavy (non-hydrogen) atoms. The zero-order valence-electron chi connectivity index (χ0n) is 12.0. The number of aryl methyl sites for hydroxylation is 1. The van der Waals surface area contributed by atoms with Gasteiger partial charge in [0.05, 0.1) is 16.5 Å². The molecule has 0 radical (unpaired) electrons. The van der Waals surface area contributed by atoms with E-state index < -0.39 is 11.7 Å². The minimum absolute atomic E-state index is 0.124. The molecular weight excluding hydrogens is 300 g/mol. The molecule has 0 fully saturated rings. The predicted octanol–water partition coefficient (Wildman–Crippen LogP) is 2.88. The van der Waals surface area contributed by atoms with E-state index in [0.29, 0.717) is 11.1 Å². The smallest absolute Gasteiger partial charge is 0.335 e. The van der Waals surface area contributed by atoms with Gasteiger partial charge in [-0.3, -0.25) is 4.79 Å². The van der Waals surface area contributed by atoms with Crippen LogP contribution in [0.1, 0.15) is 15.9 Å². The molecule has 0 saturated carbocycles. The van der Waals surface area contributed by atoms with Crippen molar-refractivity contribution in [3.8, 4) is 22.6 Å². The second-order valence-electron chi connectivity index (χ2n) is 5.15. The minimum atomic E-state index is -1.05. The second kappa shape index (κ2) is 5.17. The molecule has 1 aromatic heterocycles. The highest BCUT2D eigenvalue weighted by atomic mass is 16.4. The number of rotatable bonds is 2. The Morgan fingerprint density at radius 3 is 2.39 bits per heavy atom. The average Bonchev–Trinajstić information content (AvgIpc) is 2.50. The third-order valence-electron chi connectivity index (χ3n) is 3.63. The van der Waals surface area contributed by atoms with Crippen molar-refractivity contribution in [1.82, 2.24) is 0 Å². The van der Waals surface area contributed by atoms with Crippen molar-refractivity contribution in [3.05, 3.63) is 57.9 Å². The maximum Gasteiger partial charge on any atom is 0.335 e. The fourth-order valence-corrected chi connectivity index (χ4v) is 2.44. The van der Waals surface area contributed by atoms with Gasteiger partial charge < -0.3 is 19.7 Å². The molecule has 0 spiro atoms. The average molecular weight is 312 g/mol. The molecule has 3 rings (SSSR count). The van der Waals surface area contributed by atoms with Crippen LogP contribution in [0.5, 0.6) is 11.5 Å². The van der Waals surface area contributed by atoms with Gasteiger partial charge >= 0.3 is 5.97 Å². The first-order valence-corrected chi connectivity index (χ1v) is 6.70. The highest BCUT2D eigenvalue weighted by Crippen LogP contribution is 2.30. The number of carboxylic acids is 1. The van der Waals surface area contributed by atoms with E-state index in [9.17, 15) is 19.8 Å². The van der Waals surface area contributed by atoms with Crippen LogP contribution >= 0.6 is 0 Å². The maximum absolute atomic E-state index is 12.6. The number of benzene rings is 2. The van der Waals surface area contributed by atoms with Gasteiger partial charge in [0.25, 0.3) is 0 Å². The largest absolute Gasteiger partial charge is 0.504 e. The summed E-state index contributed by atoms with van der Waals surface area (Å²) in [5, 5.41) is 28.1. The Bertz CT molecular complexity index is 1000. The van der Waals surface area contributed by atoms with E-state index in [-0.39, 0.29) is 33.3 Å². The van der Waals surface area contributed by atoms with Gasteiger partial charge in [0.2, 0.25) is 5.43 Å². The van der Waals surface area contributed by atoms with Gasteiger partial charge in [-0.2, -0.15) is 0 Å². The van der Waals surface area contributed by atoms with Gasteiger partial charge in [0.1, 0.15) is 11.8 Å². The van der Waals surface area contributed by atoms with Gasteiger partial charge in [0, 0.05) is 6.07 Å². The second-order valence-corrected chi connectivity index (χ2v) is 5.15. The molecule has 6 nitrogen and oxygen atoms in total. The summed E-state index contributed by atoms with van der Waals surface area (Å²) in [4.78, 5) is 23.6. The van der Waals surface area contributed by atoms with E-state index in [1.165, 1.54) is 24.5 Å². The lowest BCUT2D eigenvalue weighted by molar-refractivity contribution is 0.0697. The van der Waals surface area contributed by atoms with E-state index in [1.807, 2.05) is 0 Å². The normalized spacial score (nSPS) is 10.8. The maximum atomic E-state index is 12.6. The standard InChI is InChI=1S/C17H12O6/c1-8-4-9(17(21)22)2-3-10(8)12-7-23-15-6-14(19)13(18)5-11(15)16(12)20/h2-7,18-19H,1H3,(H,21,22). The van der Waals surface area contributed by atoms with Gasteiger partial charge in [-0.05, 0) is 36.2 Å². The Labute approximate surface area is 129 Å². The number of carbonyl (C=O) groups is 1. The summed E-state index contributed by atoms with van der Waals surface area (Å²) >= 11 is 0. The molecule has 116 valence electrons. The lowest BCUT2D eigenvalue weighted by Crippen LogP contribution is -2.06. The third kappa shape index (κ3) is 2.40. The highest BCUT2D eigenvalue weighted by molar-refractivity contribution is 5.90. The lowest BCUT2D eigenvalue weighted by atomic mass is 9.98. The zero-order valence-corrected chi connectivity index (χ0v) is 12.0. The zero-order chi connectivity index (χ0) is 16.7. The monoisotopic (exact) mass is 312 g/mol. The molecule has 3 N–H and O–H groups in total. The molecule has 3 aromatic rings. The van der Waals surface area contributed by atoms with Gasteiger partial charge in [-0.15, -0.1) is 0 Å². The summed E-state index contributed by atoms with van der Waals surface area (Å²) in [6, 6.07) is 6.71. The molecule has 0 atom stereocenters. The van der Waals surface area contributed by atoms with E-state index >= 15 is 0 Å². The predicted molar refractivity (Wildman–Crippen MR) is 82.9 cm³/mol. The topological polar surface area (TPSA) is 108 Å². The van der Waals surface area contributed by atoms with Crippen LogP contribution in [0.25, 0.3) is 22.1 Å². The number of aromatic carboxylic acids is 1. The van der Waals surface area contributed by atoms with Crippen molar-refractivity contribution < 1.29 is 24.5 Å². The Hall–Kier alpha value is -3.28. The van der Waals surface area contributed by atoms with Crippen LogP contribution in [-0.4, -0.2) is 21.3 Å². The van der Waals surface area contributed by atoms with Crippen LogP contribution in [-0.2, 0) is 0 Å². The van der Waals surface area contributed by atoms with E-state index in [2.05, 4.69) is 0 Å². The summed E-state index contributed by atoms with van der Waals surface area (Å²) in [5.74, 6) is -1.85. The summed E-state index contributed by atoms with van der Waals surface area (Å²) in [6.45, 7) is 1.69. The molecule has 6 heteroatoms. The minimum Gasteiger partial charge on any atom is -0.504 e. The van der Waals surface area contributed by atoms with Crippen LogP contribution in [0.15, 0.2) is 45.8 Å². The molecule has 0 aliphatic carbocycles. The molecule has 0 saturated heterocycles. The Morgan fingerprint density at radius 2 is 1.74 bits per heavy atom. The Kier molecular flexibility index (Phi) is 3.29. The highest BCUT2D eigenvalue weighted by Gasteiger charge is 2.14. The van der Waals surface area contributed by atoms with Crippen molar-refractivity contribution in [2.24, 2.45) is 0 Å². The lowest BCUT2D eigenvalue weighted by Gasteiger charge is -2.08. The molecule has 0 aliphatic heterocycles. The summed E-state index contributed by atoms with van der Waals surface area (Å²) < 4.78 is 5.36. The number of phenolic OH excluding ortho intramolecular Hbond substituents is 2. The van der Waals surface area contributed by atoms with Crippen LogP contribution < -0.4 is 5.43 Å². The number of phenols is 2. The molecule has 2 aromatic carbocycles. The first-order valence-electron chi connectivity index (χ1n) is 6.70. The Morgan fingerprint density at radius 1 is 1.04 bits per heavy atom. The SMILES string of the molecule is Cc1cc(C(=O)O)ccc1-c1coc2cc(O)c(O)cc2c1=O. The number of hydrogen-bond donors (Lipinski definition) is 3. The fourth-order valence-electron chi connectivity index (χ4n) is 2.44. The quantitative estimate of drug-likeness (QED) is 0.628. The molecule has 0 aliphatic rings. The van der Waals surface area contributed by atoms with Crippen molar-refractivity contribution in [3.63, 3.8) is 0 Å². The first kappa shape index (κ1) is 14.6. The third-order valence-corrected chi connectivity index (χ3v) is 3.63. The number of carboxylic acid groups (broad SMARTS) is 1. The fraction of sp³-hybridized carbons (Fsp3) is 0.0588. The molecule has 0 amide bonds. The van der Waals surface area contributed by atoms with E-state index in [1.54, 1.807) is 6.92 Å². The van der Waals surface area contributed by atoms with E-state index in [0.717, 1.165) is 12.1 Å². The van der Waals surface area contributed by atoms with Crippen LogP contribution in [0.3, 0.4) is 0 Å². The van der Waals surface area contributed by atoms with E-state index in [4.69, 9.17) is 9.52 Å². The number of fused-ring (bicyclic) bond motifs is 1. The molecule has 0 bridgehead atoms. The Balaban J connectivity index is 2.25. The number of aromatic hydroxyl groups is 2. The van der Waals surface area contributed by atoms with Crippen molar-refractivity contribution in [2.75, 3.05) is 0 Å². The molecular formula is C17H12O6. The van der Waals surface area contributed by atoms with Gasteiger partial charge in [-0.25, -0.2) is 4.79 Å². The molecule has 1 heterocycles. The van der Waals surface area contributed by atoms with Crippen molar-refractivity contribution in [1.29, 1.82) is 0 Å². The van der Waals surface area contributed by atoms with Crippen LogP contribution in [0, 0.1) is 6.92 Å². The summed E-state index contributed by atoms with van der Waals surface area (Å²) in [6.07, 6.45) is 1.25. The summed E-state index contributed by atoms with van der Waals surface area (Å²) in [5.41, 5.74) is 1.29. The summed E-state index contributed by atoms with van der Waals surface area (Å²) in [7, 11) is 0. The van der Waals surface area contributed by atoms with Crippen LogP contribution in [0.2, 0.25) is 0 Å². The van der Waals surface area contributed by atoms with Gasteiger partial charge in [0.15, 0.2) is 11.5 Å². The number of hydrogen-bond acceptors (Lipinski definition) is 5. The van der Waals surface area contributed by atoms with Crippen molar-refractivity contribution >= 4 is 16.9 Å². The van der Waals surface area contributed by atoms with Gasteiger partial charge in [-0.1, -0.05) is 6.07 Å².